The minimum Gasteiger partial charge on any atom is -0.264 e. The van der Waals surface area contributed by atoms with Crippen LogP contribution in [0.15, 0.2) is 23.2 Å². The smallest absolute Gasteiger partial charge is 0.0654 e. The Morgan fingerprint density at radius 2 is 1.75 bits per heavy atom. The number of rotatable bonds is 1. The average Bonchev–Trinajstić information content (AvgIpc) is 2.13. The lowest BCUT2D eigenvalue weighted by atomic mass is 10.1. The number of benzene rings is 1. The highest BCUT2D eigenvalue weighted by Gasteiger charge is 1.92. The van der Waals surface area contributed by atoms with Crippen molar-refractivity contribution >= 4 is 12.4 Å². The lowest BCUT2D eigenvalue weighted by Crippen LogP contribution is -1.75. The van der Waals surface area contributed by atoms with E-state index in [1.165, 1.54) is 11.1 Å². The molecular weight excluding hydrogens is 146 g/mol. The Hall–Kier alpha value is -1.11. The normalized spacial score (nSPS) is 8.33. The topological polar surface area (TPSA) is 12.4 Å². The van der Waals surface area contributed by atoms with Gasteiger partial charge in [0.15, 0.2) is 0 Å². The summed E-state index contributed by atoms with van der Waals surface area (Å²) in [5.74, 6) is 0. The molecule has 1 heteroatoms. The zero-order valence-electron chi connectivity index (χ0n) is 8.39. The van der Waals surface area contributed by atoms with E-state index in [1.54, 1.807) is 0 Å². The summed E-state index contributed by atoms with van der Waals surface area (Å²) in [6.45, 7) is 11.6. The average molecular weight is 163 g/mol. The van der Waals surface area contributed by atoms with Crippen molar-refractivity contribution in [3.8, 4) is 0 Å². The predicted molar refractivity (Wildman–Crippen MR) is 56.5 cm³/mol. The molecule has 0 atom stereocenters. The number of hydrogen-bond acceptors (Lipinski definition) is 1. The van der Waals surface area contributed by atoms with Crippen LogP contribution in [-0.4, -0.2) is 6.72 Å². The molecular formula is C11H17N. The second-order valence-electron chi connectivity index (χ2n) is 2.45. The Morgan fingerprint density at radius 1 is 1.17 bits per heavy atom. The van der Waals surface area contributed by atoms with Crippen molar-refractivity contribution in [3.05, 3.63) is 29.3 Å². The molecule has 1 aromatic carbocycles. The Morgan fingerprint density at radius 3 is 2.17 bits per heavy atom. The molecule has 0 amide bonds. The monoisotopic (exact) mass is 163 g/mol. The van der Waals surface area contributed by atoms with Gasteiger partial charge in [-0.1, -0.05) is 26.0 Å². The van der Waals surface area contributed by atoms with Gasteiger partial charge < -0.3 is 0 Å². The molecule has 0 spiro atoms. The van der Waals surface area contributed by atoms with Crippen molar-refractivity contribution in [2.45, 2.75) is 27.7 Å². The Labute approximate surface area is 75.2 Å². The van der Waals surface area contributed by atoms with Gasteiger partial charge in [-0.3, -0.25) is 4.99 Å². The molecule has 1 rings (SSSR count). The quantitative estimate of drug-likeness (QED) is 0.560. The van der Waals surface area contributed by atoms with Crippen LogP contribution in [0, 0.1) is 13.8 Å². The van der Waals surface area contributed by atoms with Crippen LogP contribution in [0.25, 0.3) is 0 Å². The SMILES string of the molecule is C=Nc1cc(C)ccc1C.CC. The zero-order valence-corrected chi connectivity index (χ0v) is 8.39. The Bertz CT molecular complexity index is 251. The molecule has 12 heavy (non-hydrogen) atoms. The molecule has 0 unspecified atom stereocenters. The fraction of sp³-hybridized carbons (Fsp3) is 0.364. The molecule has 0 heterocycles. The molecule has 0 radical (unpaired) electrons. The first kappa shape index (κ1) is 10.9. The van der Waals surface area contributed by atoms with Gasteiger partial charge in [-0.2, -0.15) is 0 Å². The highest BCUT2D eigenvalue weighted by Crippen LogP contribution is 2.18. The van der Waals surface area contributed by atoms with E-state index < -0.39 is 0 Å². The fourth-order valence-corrected chi connectivity index (χ4v) is 0.890. The molecule has 0 aromatic heterocycles. The van der Waals surface area contributed by atoms with Crippen LogP contribution in [0.3, 0.4) is 0 Å². The van der Waals surface area contributed by atoms with E-state index >= 15 is 0 Å². The third-order valence-electron chi connectivity index (χ3n) is 1.53. The van der Waals surface area contributed by atoms with E-state index in [0.29, 0.717) is 0 Å². The van der Waals surface area contributed by atoms with Gasteiger partial charge in [0.25, 0.3) is 0 Å². The van der Waals surface area contributed by atoms with Crippen molar-refractivity contribution in [3.63, 3.8) is 0 Å². The minimum absolute atomic E-state index is 0.986. The molecule has 0 fully saturated rings. The second-order valence-corrected chi connectivity index (χ2v) is 2.45. The van der Waals surface area contributed by atoms with E-state index in [0.717, 1.165) is 5.69 Å². The lowest BCUT2D eigenvalue weighted by molar-refractivity contribution is 1.36. The van der Waals surface area contributed by atoms with Gasteiger partial charge in [0.05, 0.1) is 5.69 Å². The molecule has 1 aromatic rings. The van der Waals surface area contributed by atoms with Gasteiger partial charge >= 0.3 is 0 Å². The molecule has 0 saturated carbocycles. The second kappa shape index (κ2) is 5.53. The van der Waals surface area contributed by atoms with Gasteiger partial charge in [0.2, 0.25) is 0 Å². The fourth-order valence-electron chi connectivity index (χ4n) is 0.890. The predicted octanol–water partition coefficient (Wildman–Crippen LogP) is 3.66. The Balaban J connectivity index is 0.000000561. The number of aliphatic imine (C=N–C) groups is 1. The van der Waals surface area contributed by atoms with Crippen LogP contribution in [0.4, 0.5) is 5.69 Å². The maximum Gasteiger partial charge on any atom is 0.0654 e. The van der Waals surface area contributed by atoms with Crippen LogP contribution in [0.2, 0.25) is 0 Å². The summed E-state index contributed by atoms with van der Waals surface area (Å²) in [5, 5.41) is 0. The van der Waals surface area contributed by atoms with Gasteiger partial charge in [-0.15, -0.1) is 0 Å². The molecule has 0 aliphatic heterocycles. The zero-order chi connectivity index (χ0) is 9.56. The van der Waals surface area contributed by atoms with Crippen molar-refractivity contribution in [2.75, 3.05) is 0 Å². The summed E-state index contributed by atoms with van der Waals surface area (Å²) in [7, 11) is 0. The van der Waals surface area contributed by atoms with Crippen LogP contribution in [0.5, 0.6) is 0 Å². The van der Waals surface area contributed by atoms with Crippen molar-refractivity contribution in [1.82, 2.24) is 0 Å². The number of nitrogens with zero attached hydrogens (tertiary/aromatic N) is 1. The van der Waals surface area contributed by atoms with Crippen molar-refractivity contribution in [2.24, 2.45) is 4.99 Å². The molecule has 0 N–H and O–H groups in total. The summed E-state index contributed by atoms with van der Waals surface area (Å²) >= 11 is 0. The molecule has 0 aliphatic carbocycles. The largest absolute Gasteiger partial charge is 0.264 e. The first-order chi connectivity index (χ1) is 5.74. The van der Waals surface area contributed by atoms with Gasteiger partial charge in [0, 0.05) is 0 Å². The molecule has 0 saturated heterocycles. The number of hydrogen-bond donors (Lipinski definition) is 0. The third-order valence-corrected chi connectivity index (χ3v) is 1.53. The summed E-state index contributed by atoms with van der Waals surface area (Å²) in [6, 6.07) is 6.16. The molecule has 66 valence electrons. The summed E-state index contributed by atoms with van der Waals surface area (Å²) < 4.78 is 0. The standard InChI is InChI=1S/C9H11N.C2H6/c1-7-4-5-8(2)9(6-7)10-3;1-2/h4-6H,3H2,1-2H3;1-2H3. The van der Waals surface area contributed by atoms with E-state index in [1.807, 2.05) is 33.8 Å². The van der Waals surface area contributed by atoms with E-state index in [2.05, 4.69) is 23.8 Å². The lowest BCUT2D eigenvalue weighted by Gasteiger charge is -1.98. The molecule has 0 aliphatic rings. The Kier molecular flexibility index (Phi) is 5.02. The minimum atomic E-state index is 0.986. The van der Waals surface area contributed by atoms with Crippen LogP contribution >= 0.6 is 0 Å². The van der Waals surface area contributed by atoms with Gasteiger partial charge in [0.1, 0.15) is 0 Å². The van der Waals surface area contributed by atoms with E-state index in [4.69, 9.17) is 0 Å². The summed E-state index contributed by atoms with van der Waals surface area (Å²) in [5.41, 5.74) is 3.40. The van der Waals surface area contributed by atoms with Crippen LogP contribution in [0.1, 0.15) is 25.0 Å². The summed E-state index contributed by atoms with van der Waals surface area (Å²) in [6.07, 6.45) is 0. The highest BCUT2D eigenvalue weighted by molar-refractivity contribution is 5.52. The van der Waals surface area contributed by atoms with Gasteiger partial charge in [-0.05, 0) is 37.8 Å². The van der Waals surface area contributed by atoms with E-state index in [9.17, 15) is 0 Å². The van der Waals surface area contributed by atoms with Gasteiger partial charge in [-0.25, -0.2) is 0 Å². The maximum atomic E-state index is 3.88. The van der Waals surface area contributed by atoms with Crippen LogP contribution < -0.4 is 0 Å². The maximum absolute atomic E-state index is 3.88. The number of aryl methyl sites for hydroxylation is 2. The summed E-state index contributed by atoms with van der Waals surface area (Å²) in [4.78, 5) is 3.88. The van der Waals surface area contributed by atoms with Crippen molar-refractivity contribution in [1.29, 1.82) is 0 Å². The van der Waals surface area contributed by atoms with Crippen molar-refractivity contribution < 1.29 is 0 Å². The first-order valence-electron chi connectivity index (χ1n) is 4.28. The third kappa shape index (κ3) is 2.87. The first-order valence-corrected chi connectivity index (χ1v) is 4.28. The highest BCUT2D eigenvalue weighted by atomic mass is 14.7. The molecule has 1 nitrogen and oxygen atoms in total. The molecule has 0 bridgehead atoms. The van der Waals surface area contributed by atoms with E-state index in [-0.39, 0.29) is 0 Å². The van der Waals surface area contributed by atoms with Crippen LogP contribution in [-0.2, 0) is 0 Å².